The molecule has 0 saturated heterocycles. The number of esters is 1. The molecular formula is C50H66N2O5. The number of pyridine rings is 2. The van der Waals surface area contributed by atoms with Gasteiger partial charge >= 0.3 is 5.97 Å². The molecule has 7 nitrogen and oxygen atoms in total. The molecule has 2 N–H and O–H groups in total. The number of allylic oxidation sites excluding steroid dienone is 4. The molecule has 0 amide bonds. The van der Waals surface area contributed by atoms with Gasteiger partial charge in [0.25, 0.3) is 5.56 Å². The Morgan fingerprint density at radius 2 is 1.75 bits per heavy atom. The zero-order chi connectivity index (χ0) is 40.9. The minimum Gasteiger partial charge on any atom is -0.458 e. The molecule has 9 rings (SSSR count). The third-order valence-corrected chi connectivity index (χ3v) is 17.1. The Balaban J connectivity index is 0.000000162. The van der Waals surface area contributed by atoms with Crippen LogP contribution in [0.5, 0.6) is 0 Å². The lowest BCUT2D eigenvalue weighted by molar-refractivity contribution is -0.172. The Kier molecular flexibility index (Phi) is 9.91. The summed E-state index contributed by atoms with van der Waals surface area (Å²) in [5, 5.41) is 22.7. The van der Waals surface area contributed by atoms with E-state index in [0.717, 1.165) is 40.4 Å². The number of cyclic esters (lactones) is 1. The molecule has 6 aliphatic rings. The van der Waals surface area contributed by atoms with Gasteiger partial charge < -0.3 is 19.5 Å². The number of para-hydroxylation sites is 1. The normalized spacial score (nSPS) is 33.7. The Morgan fingerprint density at radius 3 is 2.49 bits per heavy atom. The van der Waals surface area contributed by atoms with Crippen LogP contribution in [0, 0.1) is 39.4 Å². The van der Waals surface area contributed by atoms with Gasteiger partial charge in [-0.05, 0) is 142 Å². The first-order chi connectivity index (χ1) is 26.9. The molecule has 2 aliphatic heterocycles. The number of hydrogen-bond donors (Lipinski definition) is 2. The number of carbonyl (C=O) groups is 1. The monoisotopic (exact) mass is 774 g/mol. The van der Waals surface area contributed by atoms with Gasteiger partial charge in [0, 0.05) is 16.5 Å². The fourth-order valence-electron chi connectivity index (χ4n) is 13.4. The van der Waals surface area contributed by atoms with Crippen molar-refractivity contribution >= 4 is 16.9 Å². The van der Waals surface area contributed by atoms with E-state index >= 15 is 0 Å². The first kappa shape index (κ1) is 40.2. The highest BCUT2D eigenvalue weighted by Crippen LogP contribution is 2.72. The van der Waals surface area contributed by atoms with E-state index in [4.69, 9.17) is 9.72 Å². The topological polar surface area (TPSA) is 102 Å². The van der Waals surface area contributed by atoms with E-state index < -0.39 is 11.6 Å². The van der Waals surface area contributed by atoms with Crippen LogP contribution in [0.25, 0.3) is 22.3 Å². The summed E-state index contributed by atoms with van der Waals surface area (Å²) in [7, 11) is 0. The lowest BCUT2D eigenvalue weighted by atomic mass is 9.43. The molecule has 2 saturated carbocycles. The maximum Gasteiger partial charge on any atom is 0.343 e. The zero-order valence-corrected chi connectivity index (χ0v) is 36.1. The van der Waals surface area contributed by atoms with Crippen molar-refractivity contribution in [1.82, 2.24) is 9.55 Å². The number of aromatic nitrogens is 2. The van der Waals surface area contributed by atoms with Crippen LogP contribution in [0.2, 0.25) is 0 Å². The summed E-state index contributed by atoms with van der Waals surface area (Å²) in [5.41, 5.74) is 8.22. The van der Waals surface area contributed by atoms with E-state index in [9.17, 15) is 19.8 Å². The summed E-state index contributed by atoms with van der Waals surface area (Å²) in [6, 6.07) is 11.6. The van der Waals surface area contributed by atoms with Crippen molar-refractivity contribution < 1.29 is 19.7 Å². The van der Waals surface area contributed by atoms with Gasteiger partial charge in [-0.15, -0.1) is 0 Å². The van der Waals surface area contributed by atoms with E-state index in [0.29, 0.717) is 45.5 Å². The number of nitrogens with zero attached hydrogens (tertiary/aromatic N) is 2. The van der Waals surface area contributed by atoms with E-state index in [-0.39, 0.29) is 30.1 Å². The van der Waals surface area contributed by atoms with E-state index in [1.165, 1.54) is 63.4 Å². The van der Waals surface area contributed by atoms with Gasteiger partial charge in [-0.1, -0.05) is 89.5 Å². The van der Waals surface area contributed by atoms with Crippen LogP contribution in [-0.2, 0) is 28.3 Å². The van der Waals surface area contributed by atoms with Crippen molar-refractivity contribution in [1.29, 1.82) is 0 Å². The maximum absolute atomic E-state index is 13.0. The van der Waals surface area contributed by atoms with Crippen molar-refractivity contribution in [3.63, 3.8) is 0 Å². The minimum absolute atomic E-state index is 0.0465. The van der Waals surface area contributed by atoms with E-state index in [1.807, 2.05) is 41.5 Å². The van der Waals surface area contributed by atoms with Crippen LogP contribution in [0.4, 0.5) is 0 Å². The molecule has 57 heavy (non-hydrogen) atoms. The molecule has 1 aromatic carbocycles. The second kappa shape index (κ2) is 14.0. The van der Waals surface area contributed by atoms with Gasteiger partial charge in [-0.25, -0.2) is 9.78 Å². The minimum atomic E-state index is -1.79. The molecule has 2 fully saturated rings. The zero-order valence-electron chi connectivity index (χ0n) is 36.1. The van der Waals surface area contributed by atoms with Crippen LogP contribution in [0.3, 0.4) is 0 Å². The first-order valence-electron chi connectivity index (χ1n) is 22.0. The average molecular weight is 775 g/mol. The highest BCUT2D eigenvalue weighted by atomic mass is 16.6. The van der Waals surface area contributed by atoms with Gasteiger partial charge in [0.05, 0.1) is 35.1 Å². The number of ether oxygens (including phenoxy) is 1. The highest BCUT2D eigenvalue weighted by Gasteiger charge is 2.63. The number of hydrogen-bond acceptors (Lipinski definition) is 6. The number of carbonyl (C=O) groups excluding carboxylic acids is 1. The molecule has 0 spiro atoms. The van der Waals surface area contributed by atoms with Crippen LogP contribution in [0.1, 0.15) is 150 Å². The maximum atomic E-state index is 13.0. The molecular weight excluding hydrogens is 709 g/mol. The number of rotatable bonds is 5. The van der Waals surface area contributed by atoms with Crippen LogP contribution < -0.4 is 5.56 Å². The van der Waals surface area contributed by atoms with Crippen molar-refractivity contribution in [2.75, 3.05) is 0 Å². The number of fused-ring (bicyclic) bond motifs is 9. The molecule has 0 radical (unpaired) electrons. The molecule has 4 aliphatic carbocycles. The summed E-state index contributed by atoms with van der Waals surface area (Å²) in [6.07, 6.45) is 15.3. The van der Waals surface area contributed by atoms with Gasteiger partial charge in [0.2, 0.25) is 0 Å². The number of aliphatic hydroxyl groups is 2. The van der Waals surface area contributed by atoms with Crippen molar-refractivity contribution in [3.05, 3.63) is 86.2 Å². The Morgan fingerprint density at radius 1 is 1.00 bits per heavy atom. The second-order valence-corrected chi connectivity index (χ2v) is 20.4. The molecule has 8 unspecified atom stereocenters. The molecule has 4 heterocycles. The first-order valence-corrected chi connectivity index (χ1v) is 22.0. The number of aliphatic hydroxyl groups excluding tert-OH is 1. The standard InChI is InChI=1S/C30H50O.C20H16N2O4/c1-20(2)10-9-11-21(3)22-14-18-30(8)24-12-13-25-27(4,5)26(31)16-17-28(25,6)23(24)15-19-29(22,30)7;1-2-20(25)14-8-16-17-12(7-11-5-3-4-6-15(11)21-17)9-22(16)18(23)13(14)10-26-19(20)24/h10,21-22,25-26,31H,9,11-19H2,1-8H3;3-8,25H,2,9-10H2,1H3. The molecule has 8 atom stereocenters. The molecule has 2 aromatic heterocycles. The lowest BCUT2D eigenvalue weighted by Gasteiger charge is -2.62. The Labute approximate surface area is 340 Å². The smallest absolute Gasteiger partial charge is 0.343 e. The Bertz CT molecular complexity index is 2240. The fraction of sp³-hybridized carbons (Fsp3) is 0.620. The average Bonchev–Trinajstić information content (AvgIpc) is 3.68. The largest absolute Gasteiger partial charge is 0.458 e. The molecule has 3 aromatic rings. The van der Waals surface area contributed by atoms with Crippen LogP contribution in [-0.4, -0.2) is 31.8 Å². The predicted molar refractivity (Wildman–Crippen MR) is 227 cm³/mol. The van der Waals surface area contributed by atoms with Gasteiger partial charge in [-0.3, -0.25) is 4.79 Å². The summed E-state index contributed by atoms with van der Waals surface area (Å²) in [4.78, 5) is 29.9. The van der Waals surface area contributed by atoms with Crippen molar-refractivity contribution in [3.8, 4) is 11.4 Å². The van der Waals surface area contributed by atoms with Crippen molar-refractivity contribution in [2.24, 2.45) is 39.4 Å². The van der Waals surface area contributed by atoms with E-state index in [2.05, 4.69) is 61.5 Å². The quantitative estimate of drug-likeness (QED) is 0.155. The predicted octanol–water partition coefficient (Wildman–Crippen LogP) is 10.6. The van der Waals surface area contributed by atoms with Crippen LogP contribution in [0.15, 0.2) is 64.0 Å². The van der Waals surface area contributed by atoms with Gasteiger partial charge in [0.15, 0.2) is 5.60 Å². The molecule has 7 heteroatoms. The molecule has 0 bridgehead atoms. The van der Waals surface area contributed by atoms with Gasteiger partial charge in [0.1, 0.15) is 6.61 Å². The van der Waals surface area contributed by atoms with Crippen LogP contribution >= 0.6 is 0 Å². The molecule has 306 valence electrons. The summed E-state index contributed by atoms with van der Waals surface area (Å²) < 4.78 is 6.72. The highest BCUT2D eigenvalue weighted by molar-refractivity contribution is 5.86. The SMILES string of the molecule is CC(C)=CCCC(C)C1CCC2(C)C3=C(CCC12C)C1(C)CCC(O)C(C)(C)C1CC3.CCC1(O)C(=O)OCc2c1cc1n(c2=O)Cc2cc3ccccc3nc2-1. The Hall–Kier alpha value is -3.55. The third kappa shape index (κ3) is 5.98. The van der Waals surface area contributed by atoms with Gasteiger partial charge in [-0.2, -0.15) is 0 Å². The van der Waals surface area contributed by atoms with Crippen molar-refractivity contribution in [2.45, 2.75) is 158 Å². The third-order valence-electron chi connectivity index (χ3n) is 17.1. The van der Waals surface area contributed by atoms with E-state index in [1.54, 1.807) is 17.6 Å². The number of benzene rings is 1. The lowest BCUT2D eigenvalue weighted by Crippen LogP contribution is -2.55. The summed E-state index contributed by atoms with van der Waals surface area (Å²) >= 11 is 0. The summed E-state index contributed by atoms with van der Waals surface area (Å²) in [6.45, 7) is 21.6. The fourth-order valence-corrected chi connectivity index (χ4v) is 13.4. The summed E-state index contributed by atoms with van der Waals surface area (Å²) in [5.74, 6) is 1.62. The second-order valence-electron chi connectivity index (χ2n) is 20.4.